The number of nitrogens with zero attached hydrogens (tertiary/aromatic N) is 1. The SMILES string of the molecule is CCCC1NC(=O)C(C)(C2CC2)N(C2CCCCC2)C1=O. The molecule has 2 unspecified atom stereocenters. The van der Waals surface area contributed by atoms with Crippen molar-refractivity contribution in [2.24, 2.45) is 5.92 Å². The van der Waals surface area contributed by atoms with Crippen LogP contribution in [0.2, 0.25) is 0 Å². The van der Waals surface area contributed by atoms with Crippen molar-refractivity contribution in [3.05, 3.63) is 0 Å². The third-order valence-electron chi connectivity index (χ3n) is 5.69. The molecule has 1 aliphatic heterocycles. The second-order valence-corrected chi connectivity index (χ2v) is 7.24. The molecule has 0 radical (unpaired) electrons. The molecule has 0 aromatic carbocycles. The van der Waals surface area contributed by atoms with Crippen LogP contribution in [-0.4, -0.2) is 34.3 Å². The Kier molecular flexibility index (Phi) is 3.98. The molecule has 2 amide bonds. The number of carbonyl (C=O) groups excluding carboxylic acids is 2. The smallest absolute Gasteiger partial charge is 0.246 e. The van der Waals surface area contributed by atoms with Crippen molar-refractivity contribution in [1.29, 1.82) is 0 Å². The molecule has 0 bridgehead atoms. The summed E-state index contributed by atoms with van der Waals surface area (Å²) in [5, 5.41) is 3.02. The molecule has 3 fully saturated rings. The lowest BCUT2D eigenvalue weighted by Crippen LogP contribution is -2.72. The molecule has 3 aliphatic rings. The van der Waals surface area contributed by atoms with Crippen LogP contribution in [0.5, 0.6) is 0 Å². The Morgan fingerprint density at radius 3 is 2.38 bits per heavy atom. The number of piperazine rings is 1. The summed E-state index contributed by atoms with van der Waals surface area (Å²) >= 11 is 0. The Morgan fingerprint density at radius 1 is 1.14 bits per heavy atom. The standard InChI is InChI=1S/C17H28N2O2/c1-3-7-14-15(20)19(13-8-5-4-6-9-13)17(2,12-10-11-12)16(21)18-14/h12-14H,3-11H2,1-2H3,(H,18,21). The molecular weight excluding hydrogens is 264 g/mol. The first-order valence-corrected chi connectivity index (χ1v) is 8.73. The van der Waals surface area contributed by atoms with E-state index >= 15 is 0 Å². The van der Waals surface area contributed by atoms with Crippen LogP contribution in [-0.2, 0) is 9.59 Å². The third-order valence-corrected chi connectivity index (χ3v) is 5.69. The van der Waals surface area contributed by atoms with E-state index in [-0.39, 0.29) is 23.9 Å². The highest BCUT2D eigenvalue weighted by atomic mass is 16.2. The van der Waals surface area contributed by atoms with Crippen molar-refractivity contribution in [2.45, 2.75) is 89.3 Å². The molecule has 118 valence electrons. The zero-order valence-electron chi connectivity index (χ0n) is 13.4. The average molecular weight is 292 g/mol. The summed E-state index contributed by atoms with van der Waals surface area (Å²) in [6.45, 7) is 4.08. The zero-order valence-corrected chi connectivity index (χ0v) is 13.4. The Labute approximate surface area is 127 Å². The summed E-state index contributed by atoms with van der Waals surface area (Å²) in [6.07, 6.45) is 9.63. The molecule has 1 saturated heterocycles. The molecule has 2 saturated carbocycles. The van der Waals surface area contributed by atoms with E-state index in [1.54, 1.807) is 0 Å². The van der Waals surface area contributed by atoms with Crippen LogP contribution in [0.1, 0.15) is 71.6 Å². The van der Waals surface area contributed by atoms with Gasteiger partial charge in [-0.3, -0.25) is 9.59 Å². The third kappa shape index (κ3) is 2.47. The molecule has 1 N–H and O–H groups in total. The van der Waals surface area contributed by atoms with Crippen molar-refractivity contribution < 1.29 is 9.59 Å². The number of hydrogen-bond donors (Lipinski definition) is 1. The predicted octanol–water partition coefficient (Wildman–Crippen LogP) is 2.61. The summed E-state index contributed by atoms with van der Waals surface area (Å²) in [6, 6.07) is -0.0153. The fourth-order valence-electron chi connectivity index (χ4n) is 4.28. The zero-order chi connectivity index (χ0) is 15.0. The van der Waals surface area contributed by atoms with E-state index < -0.39 is 5.54 Å². The van der Waals surface area contributed by atoms with E-state index in [0.717, 1.165) is 38.5 Å². The highest BCUT2D eigenvalue weighted by Crippen LogP contribution is 2.47. The Morgan fingerprint density at radius 2 is 1.81 bits per heavy atom. The molecule has 4 heteroatoms. The van der Waals surface area contributed by atoms with E-state index in [0.29, 0.717) is 5.92 Å². The van der Waals surface area contributed by atoms with Crippen LogP contribution < -0.4 is 5.32 Å². The Hall–Kier alpha value is -1.06. The van der Waals surface area contributed by atoms with Gasteiger partial charge in [-0.2, -0.15) is 0 Å². The molecule has 0 aromatic rings. The number of rotatable bonds is 4. The van der Waals surface area contributed by atoms with Crippen molar-refractivity contribution in [3.63, 3.8) is 0 Å². The molecule has 4 nitrogen and oxygen atoms in total. The number of carbonyl (C=O) groups is 2. The molecular formula is C17H28N2O2. The van der Waals surface area contributed by atoms with Crippen LogP contribution in [0.15, 0.2) is 0 Å². The average Bonchev–Trinajstić information content (AvgIpc) is 3.31. The van der Waals surface area contributed by atoms with Crippen LogP contribution in [0.25, 0.3) is 0 Å². The molecule has 0 spiro atoms. The molecule has 0 aromatic heterocycles. The molecule has 2 atom stereocenters. The van der Waals surface area contributed by atoms with E-state index in [9.17, 15) is 9.59 Å². The van der Waals surface area contributed by atoms with Gasteiger partial charge in [0.25, 0.3) is 0 Å². The molecule has 2 aliphatic carbocycles. The summed E-state index contributed by atoms with van der Waals surface area (Å²) in [5.41, 5.74) is -0.594. The minimum atomic E-state index is -0.594. The Balaban J connectivity index is 1.90. The minimum absolute atomic E-state index is 0.0913. The van der Waals surface area contributed by atoms with Crippen LogP contribution in [0, 0.1) is 5.92 Å². The van der Waals surface area contributed by atoms with Gasteiger partial charge in [0.15, 0.2) is 0 Å². The van der Waals surface area contributed by atoms with Crippen molar-refractivity contribution in [1.82, 2.24) is 10.2 Å². The fourth-order valence-corrected chi connectivity index (χ4v) is 4.28. The van der Waals surface area contributed by atoms with Gasteiger partial charge in [0.05, 0.1) is 0 Å². The van der Waals surface area contributed by atoms with Gasteiger partial charge in [0, 0.05) is 6.04 Å². The van der Waals surface area contributed by atoms with E-state index in [1.807, 2.05) is 11.8 Å². The Bertz CT molecular complexity index is 427. The number of hydrogen-bond acceptors (Lipinski definition) is 2. The maximum atomic E-state index is 13.0. The maximum absolute atomic E-state index is 13.0. The largest absolute Gasteiger partial charge is 0.342 e. The first-order chi connectivity index (χ1) is 10.1. The van der Waals surface area contributed by atoms with Crippen LogP contribution in [0.3, 0.4) is 0 Å². The molecule has 21 heavy (non-hydrogen) atoms. The molecule has 3 rings (SSSR count). The first kappa shape index (κ1) is 14.9. The maximum Gasteiger partial charge on any atom is 0.246 e. The topological polar surface area (TPSA) is 49.4 Å². The quantitative estimate of drug-likeness (QED) is 0.866. The summed E-state index contributed by atoms with van der Waals surface area (Å²) < 4.78 is 0. The normalized spacial score (nSPS) is 35.0. The van der Waals surface area contributed by atoms with Crippen molar-refractivity contribution >= 4 is 11.8 Å². The van der Waals surface area contributed by atoms with E-state index in [4.69, 9.17) is 0 Å². The van der Waals surface area contributed by atoms with Crippen LogP contribution in [0.4, 0.5) is 0 Å². The summed E-state index contributed by atoms with van der Waals surface area (Å²) in [5.74, 6) is 0.636. The first-order valence-electron chi connectivity index (χ1n) is 8.73. The second-order valence-electron chi connectivity index (χ2n) is 7.24. The highest BCUT2D eigenvalue weighted by molar-refractivity contribution is 6.00. The fraction of sp³-hybridized carbons (Fsp3) is 0.882. The minimum Gasteiger partial charge on any atom is -0.342 e. The number of nitrogens with one attached hydrogen (secondary N) is 1. The second kappa shape index (κ2) is 5.62. The van der Waals surface area contributed by atoms with Gasteiger partial charge >= 0.3 is 0 Å². The monoisotopic (exact) mass is 292 g/mol. The lowest BCUT2D eigenvalue weighted by Gasteiger charge is -2.51. The van der Waals surface area contributed by atoms with E-state index in [2.05, 4.69) is 12.2 Å². The highest BCUT2D eigenvalue weighted by Gasteiger charge is 2.58. The van der Waals surface area contributed by atoms with Gasteiger partial charge in [-0.25, -0.2) is 0 Å². The van der Waals surface area contributed by atoms with Gasteiger partial charge in [-0.05, 0) is 44.9 Å². The lowest BCUT2D eigenvalue weighted by molar-refractivity contribution is -0.163. The van der Waals surface area contributed by atoms with Crippen LogP contribution >= 0.6 is 0 Å². The van der Waals surface area contributed by atoms with Crippen molar-refractivity contribution in [2.75, 3.05) is 0 Å². The van der Waals surface area contributed by atoms with Gasteiger partial charge in [0.2, 0.25) is 11.8 Å². The predicted molar refractivity (Wildman–Crippen MR) is 81.7 cm³/mol. The summed E-state index contributed by atoms with van der Waals surface area (Å²) in [7, 11) is 0. The van der Waals surface area contributed by atoms with Gasteiger partial charge in [-0.1, -0.05) is 32.6 Å². The molecule has 1 heterocycles. The van der Waals surface area contributed by atoms with Gasteiger partial charge < -0.3 is 10.2 Å². The van der Waals surface area contributed by atoms with Gasteiger partial charge in [-0.15, -0.1) is 0 Å². The number of amides is 2. The lowest BCUT2D eigenvalue weighted by atomic mass is 9.82. The van der Waals surface area contributed by atoms with Gasteiger partial charge in [0.1, 0.15) is 11.6 Å². The van der Waals surface area contributed by atoms with E-state index in [1.165, 1.54) is 19.3 Å². The van der Waals surface area contributed by atoms with Crippen molar-refractivity contribution in [3.8, 4) is 0 Å². The summed E-state index contributed by atoms with van der Waals surface area (Å²) in [4.78, 5) is 27.8.